The molecule has 1 aromatic heterocycles. The van der Waals surface area contributed by atoms with Gasteiger partial charge < -0.3 is 5.11 Å². The van der Waals surface area contributed by atoms with Gasteiger partial charge in [0.05, 0.1) is 11.8 Å². The fourth-order valence-corrected chi connectivity index (χ4v) is 2.37. The minimum atomic E-state index is -0.697. The number of aryl methyl sites for hydroxylation is 1. The number of nitrogens with zero attached hydrogens (tertiary/aromatic N) is 2. The lowest BCUT2D eigenvalue weighted by atomic mass is 9.76. The predicted molar refractivity (Wildman–Crippen MR) is 64.0 cm³/mol. The molecule has 1 N–H and O–H groups in total. The van der Waals surface area contributed by atoms with Crippen molar-refractivity contribution in [2.45, 2.75) is 58.1 Å². The normalized spacial score (nSPS) is 20.4. The third-order valence-corrected chi connectivity index (χ3v) is 3.62. The van der Waals surface area contributed by atoms with E-state index in [1.165, 1.54) is 19.3 Å². The maximum atomic E-state index is 10.4. The second-order valence-electron chi connectivity index (χ2n) is 5.27. The molecule has 3 nitrogen and oxygen atoms in total. The van der Waals surface area contributed by atoms with Crippen molar-refractivity contribution in [3.05, 3.63) is 18.0 Å². The highest BCUT2D eigenvalue weighted by molar-refractivity contribution is 5.14. The van der Waals surface area contributed by atoms with E-state index < -0.39 is 5.60 Å². The highest BCUT2D eigenvalue weighted by Crippen LogP contribution is 2.37. The zero-order valence-electron chi connectivity index (χ0n) is 10.3. The largest absolute Gasteiger partial charge is 0.385 e. The van der Waals surface area contributed by atoms with E-state index in [0.29, 0.717) is 5.92 Å². The number of hydrogen-bond donors (Lipinski definition) is 1. The van der Waals surface area contributed by atoms with Crippen LogP contribution in [0.5, 0.6) is 0 Å². The summed E-state index contributed by atoms with van der Waals surface area (Å²) in [5.41, 5.74) is 0.268. The smallest absolute Gasteiger partial charge is 0.0901 e. The summed E-state index contributed by atoms with van der Waals surface area (Å²) in [5, 5.41) is 14.7. The molecule has 3 heteroatoms. The first kappa shape index (κ1) is 11.6. The summed E-state index contributed by atoms with van der Waals surface area (Å²) in [5.74, 6) is 0.713. The number of aliphatic hydroxyl groups is 1. The lowest BCUT2D eigenvalue weighted by Crippen LogP contribution is -2.27. The van der Waals surface area contributed by atoms with Crippen LogP contribution >= 0.6 is 0 Å². The molecule has 16 heavy (non-hydrogen) atoms. The number of rotatable bonds is 5. The van der Waals surface area contributed by atoms with E-state index in [-0.39, 0.29) is 0 Å². The summed E-state index contributed by atoms with van der Waals surface area (Å²) in [6.07, 6.45) is 9.64. The van der Waals surface area contributed by atoms with Crippen molar-refractivity contribution < 1.29 is 5.11 Å². The lowest BCUT2D eigenvalue weighted by molar-refractivity contribution is 0.0161. The molecule has 1 aliphatic rings. The van der Waals surface area contributed by atoms with Gasteiger partial charge in [-0.15, -0.1) is 0 Å². The Morgan fingerprint density at radius 1 is 1.56 bits per heavy atom. The Hall–Kier alpha value is -0.830. The van der Waals surface area contributed by atoms with Crippen molar-refractivity contribution in [3.63, 3.8) is 0 Å². The molecule has 0 radical (unpaired) electrons. The summed E-state index contributed by atoms with van der Waals surface area (Å²) < 4.78 is 1.92. The molecule has 0 aliphatic heterocycles. The van der Waals surface area contributed by atoms with Crippen LogP contribution in [-0.4, -0.2) is 14.9 Å². The van der Waals surface area contributed by atoms with Crippen LogP contribution in [-0.2, 0) is 12.1 Å². The predicted octanol–water partition coefficient (Wildman–Crippen LogP) is 2.69. The van der Waals surface area contributed by atoms with Crippen LogP contribution in [0.2, 0.25) is 0 Å². The minimum absolute atomic E-state index is 0.697. The Morgan fingerprint density at radius 3 is 2.88 bits per heavy atom. The van der Waals surface area contributed by atoms with Crippen molar-refractivity contribution in [2.75, 3.05) is 0 Å². The molecule has 1 unspecified atom stereocenters. The summed E-state index contributed by atoms with van der Waals surface area (Å²) in [6, 6.07) is 0. The molecule has 1 fully saturated rings. The average molecular weight is 222 g/mol. The Balaban J connectivity index is 2.01. The van der Waals surface area contributed by atoms with Crippen molar-refractivity contribution in [3.8, 4) is 0 Å². The molecule has 1 aliphatic carbocycles. The van der Waals surface area contributed by atoms with Gasteiger partial charge in [-0.05, 0) is 25.7 Å². The molecule has 0 aromatic carbocycles. The number of hydrogen-bond acceptors (Lipinski definition) is 2. The molecule has 0 saturated heterocycles. The monoisotopic (exact) mass is 222 g/mol. The first-order valence-electron chi connectivity index (χ1n) is 6.37. The molecule has 1 atom stereocenters. The highest BCUT2D eigenvalue weighted by atomic mass is 16.3. The van der Waals surface area contributed by atoms with E-state index >= 15 is 0 Å². The van der Waals surface area contributed by atoms with Crippen LogP contribution in [0.1, 0.15) is 51.5 Å². The molecular formula is C13H22N2O. The van der Waals surface area contributed by atoms with Crippen molar-refractivity contribution >= 4 is 0 Å². The van der Waals surface area contributed by atoms with Gasteiger partial charge in [0.1, 0.15) is 0 Å². The van der Waals surface area contributed by atoms with Crippen LogP contribution < -0.4 is 0 Å². The third-order valence-electron chi connectivity index (χ3n) is 3.62. The molecule has 0 amide bonds. The molecule has 0 spiro atoms. The van der Waals surface area contributed by atoms with Gasteiger partial charge in [-0.25, -0.2) is 0 Å². The summed E-state index contributed by atoms with van der Waals surface area (Å²) in [7, 11) is 0. The van der Waals surface area contributed by atoms with Gasteiger partial charge in [0.15, 0.2) is 0 Å². The fourth-order valence-electron chi connectivity index (χ4n) is 2.37. The Kier molecular flexibility index (Phi) is 3.33. The second-order valence-corrected chi connectivity index (χ2v) is 5.27. The van der Waals surface area contributed by atoms with Crippen LogP contribution in [0.15, 0.2) is 12.4 Å². The molecule has 1 heterocycles. The van der Waals surface area contributed by atoms with E-state index in [2.05, 4.69) is 12.0 Å². The quantitative estimate of drug-likeness (QED) is 0.831. The first-order chi connectivity index (χ1) is 7.62. The zero-order valence-corrected chi connectivity index (χ0v) is 10.3. The van der Waals surface area contributed by atoms with Gasteiger partial charge in [-0.2, -0.15) is 5.10 Å². The van der Waals surface area contributed by atoms with E-state index in [9.17, 15) is 5.11 Å². The summed E-state index contributed by atoms with van der Waals surface area (Å²) in [6.45, 7) is 4.98. The third kappa shape index (κ3) is 2.46. The van der Waals surface area contributed by atoms with Crippen LogP contribution in [0.25, 0.3) is 0 Å². The molecule has 1 saturated carbocycles. The van der Waals surface area contributed by atoms with Crippen LogP contribution in [0.3, 0.4) is 0 Å². The van der Waals surface area contributed by atoms with Gasteiger partial charge in [-0.3, -0.25) is 4.68 Å². The van der Waals surface area contributed by atoms with Crippen LogP contribution in [0, 0.1) is 5.92 Å². The molecule has 2 rings (SSSR count). The van der Waals surface area contributed by atoms with Gasteiger partial charge in [0.25, 0.3) is 0 Å². The minimum Gasteiger partial charge on any atom is -0.385 e. The SMILES string of the molecule is CCCn1cc(C(C)(O)CC2CCC2)cn1. The topological polar surface area (TPSA) is 38.0 Å². The van der Waals surface area contributed by atoms with E-state index in [1.54, 1.807) is 0 Å². The van der Waals surface area contributed by atoms with Gasteiger partial charge in [0, 0.05) is 18.3 Å². The Bertz CT molecular complexity index is 339. The van der Waals surface area contributed by atoms with Gasteiger partial charge in [0.2, 0.25) is 0 Å². The number of aromatic nitrogens is 2. The zero-order chi connectivity index (χ0) is 11.6. The molecule has 90 valence electrons. The van der Waals surface area contributed by atoms with Crippen molar-refractivity contribution in [1.29, 1.82) is 0 Å². The van der Waals surface area contributed by atoms with Gasteiger partial charge >= 0.3 is 0 Å². The van der Waals surface area contributed by atoms with Crippen molar-refractivity contribution in [1.82, 2.24) is 9.78 Å². The maximum absolute atomic E-state index is 10.4. The second kappa shape index (κ2) is 4.58. The average Bonchev–Trinajstić information content (AvgIpc) is 2.62. The molecule has 0 bridgehead atoms. The Labute approximate surface area is 97.5 Å². The van der Waals surface area contributed by atoms with Gasteiger partial charge in [-0.1, -0.05) is 26.2 Å². The van der Waals surface area contributed by atoms with E-state index in [1.807, 2.05) is 24.0 Å². The van der Waals surface area contributed by atoms with E-state index in [0.717, 1.165) is 24.9 Å². The maximum Gasteiger partial charge on any atom is 0.0901 e. The fraction of sp³-hybridized carbons (Fsp3) is 0.769. The van der Waals surface area contributed by atoms with Crippen LogP contribution in [0.4, 0.5) is 0 Å². The first-order valence-corrected chi connectivity index (χ1v) is 6.37. The molecular weight excluding hydrogens is 200 g/mol. The Morgan fingerprint density at radius 2 is 2.31 bits per heavy atom. The summed E-state index contributed by atoms with van der Waals surface area (Å²) >= 11 is 0. The highest BCUT2D eigenvalue weighted by Gasteiger charge is 2.31. The summed E-state index contributed by atoms with van der Waals surface area (Å²) in [4.78, 5) is 0. The lowest BCUT2D eigenvalue weighted by Gasteiger charge is -2.32. The molecule has 1 aromatic rings. The van der Waals surface area contributed by atoms with E-state index in [4.69, 9.17) is 0 Å². The standard InChI is InChI=1S/C13H22N2O/c1-3-7-15-10-12(9-14-15)13(2,16)8-11-5-4-6-11/h9-11,16H,3-8H2,1-2H3. The van der Waals surface area contributed by atoms with Crippen molar-refractivity contribution in [2.24, 2.45) is 5.92 Å².